The van der Waals surface area contributed by atoms with Gasteiger partial charge in [0.2, 0.25) is 0 Å². The van der Waals surface area contributed by atoms with Crippen molar-refractivity contribution in [3.63, 3.8) is 0 Å². The molecule has 0 radical (unpaired) electrons. The van der Waals surface area contributed by atoms with E-state index in [0.717, 1.165) is 37.4 Å². The summed E-state index contributed by atoms with van der Waals surface area (Å²) in [6.45, 7) is 3.39. The highest BCUT2D eigenvalue weighted by Crippen LogP contribution is 2.32. The van der Waals surface area contributed by atoms with E-state index in [-0.39, 0.29) is 0 Å². The smallest absolute Gasteiger partial charge is 0.0612 e. The van der Waals surface area contributed by atoms with Gasteiger partial charge in [0.15, 0.2) is 0 Å². The summed E-state index contributed by atoms with van der Waals surface area (Å²) in [6.07, 6.45) is 1.04. The van der Waals surface area contributed by atoms with Gasteiger partial charge in [-0.05, 0) is 54.9 Å². The van der Waals surface area contributed by atoms with Gasteiger partial charge >= 0.3 is 0 Å². The van der Waals surface area contributed by atoms with Crippen molar-refractivity contribution >= 4 is 45.5 Å². The first-order valence-corrected chi connectivity index (χ1v) is 9.20. The van der Waals surface area contributed by atoms with E-state index >= 15 is 0 Å². The Labute approximate surface area is 156 Å². The first-order chi connectivity index (χ1) is 12.2. The van der Waals surface area contributed by atoms with E-state index in [1.54, 1.807) is 6.07 Å². The molecule has 130 valence electrons. The Morgan fingerprint density at radius 1 is 1.08 bits per heavy atom. The van der Waals surface area contributed by atoms with Crippen molar-refractivity contribution < 1.29 is 0 Å². The fourth-order valence-corrected chi connectivity index (χ4v) is 3.88. The molecular weight excluding hydrogens is 355 g/mol. The molecule has 0 atom stereocenters. The Bertz CT molecular complexity index is 933. The molecule has 6 heteroatoms. The molecule has 25 heavy (non-hydrogen) atoms. The molecule has 0 unspecified atom stereocenters. The summed E-state index contributed by atoms with van der Waals surface area (Å²) in [5.41, 5.74) is 11.8. The zero-order chi connectivity index (χ0) is 17.4. The fraction of sp³-hybridized carbons (Fsp3) is 0.263. The Balaban J connectivity index is 1.75. The van der Waals surface area contributed by atoms with Crippen LogP contribution in [0.2, 0.25) is 10.0 Å². The number of aromatic nitrogens is 1. The van der Waals surface area contributed by atoms with Crippen LogP contribution in [0.3, 0.4) is 0 Å². The first kappa shape index (κ1) is 16.7. The predicted octanol–water partition coefficient (Wildman–Crippen LogP) is 4.30. The van der Waals surface area contributed by atoms with Crippen molar-refractivity contribution in [3.8, 4) is 0 Å². The number of rotatable bonds is 4. The molecule has 0 saturated carbocycles. The van der Waals surface area contributed by atoms with Gasteiger partial charge in [0, 0.05) is 47.6 Å². The van der Waals surface area contributed by atoms with Crippen LogP contribution in [0.4, 0.5) is 11.4 Å². The number of halogens is 2. The minimum Gasteiger partial charge on any atom is -0.355 e. The van der Waals surface area contributed by atoms with Gasteiger partial charge in [-0.25, -0.2) is 0 Å². The summed E-state index contributed by atoms with van der Waals surface area (Å²) in [7, 11) is 0. The van der Waals surface area contributed by atoms with Crippen LogP contribution in [-0.4, -0.2) is 17.7 Å². The van der Waals surface area contributed by atoms with Crippen LogP contribution in [0.25, 0.3) is 10.9 Å². The lowest BCUT2D eigenvalue weighted by molar-refractivity contribution is 0.588. The van der Waals surface area contributed by atoms with Gasteiger partial charge in [-0.2, -0.15) is 0 Å². The maximum absolute atomic E-state index is 6.11. The van der Waals surface area contributed by atoms with Crippen molar-refractivity contribution in [1.29, 1.82) is 0 Å². The summed E-state index contributed by atoms with van der Waals surface area (Å²) >= 11 is 12.1. The molecule has 0 saturated heterocycles. The summed E-state index contributed by atoms with van der Waals surface area (Å²) < 4.78 is 2.35. The zero-order valence-electron chi connectivity index (χ0n) is 13.8. The van der Waals surface area contributed by atoms with Crippen LogP contribution >= 0.6 is 23.2 Å². The third-order valence-electron chi connectivity index (χ3n) is 4.69. The molecule has 2 aromatic carbocycles. The molecule has 1 aromatic heterocycles. The van der Waals surface area contributed by atoms with E-state index in [2.05, 4.69) is 33.4 Å². The minimum absolute atomic E-state index is 0.547. The molecule has 1 aliphatic rings. The lowest BCUT2D eigenvalue weighted by Gasteiger charge is -2.16. The molecule has 1 aliphatic heterocycles. The Kier molecular flexibility index (Phi) is 4.61. The van der Waals surface area contributed by atoms with Crippen molar-refractivity contribution in [1.82, 2.24) is 9.88 Å². The Morgan fingerprint density at radius 3 is 2.68 bits per heavy atom. The third kappa shape index (κ3) is 3.11. The van der Waals surface area contributed by atoms with Crippen LogP contribution in [0.1, 0.15) is 11.3 Å². The summed E-state index contributed by atoms with van der Waals surface area (Å²) in [6, 6.07) is 12.1. The van der Waals surface area contributed by atoms with E-state index in [1.165, 1.54) is 22.2 Å². The highest BCUT2D eigenvalue weighted by atomic mass is 35.5. The minimum atomic E-state index is 0.547. The predicted molar refractivity (Wildman–Crippen MR) is 106 cm³/mol. The first-order valence-electron chi connectivity index (χ1n) is 8.44. The summed E-state index contributed by atoms with van der Waals surface area (Å²) in [5.74, 6) is 0. The van der Waals surface area contributed by atoms with Gasteiger partial charge in [-0.1, -0.05) is 23.2 Å². The largest absolute Gasteiger partial charge is 0.355 e. The van der Waals surface area contributed by atoms with Crippen molar-refractivity contribution in [2.24, 2.45) is 5.73 Å². The van der Waals surface area contributed by atoms with Gasteiger partial charge in [-0.15, -0.1) is 0 Å². The lowest BCUT2D eigenvalue weighted by Crippen LogP contribution is -2.26. The van der Waals surface area contributed by atoms with E-state index in [9.17, 15) is 0 Å². The highest BCUT2D eigenvalue weighted by Gasteiger charge is 2.19. The second-order valence-electron chi connectivity index (χ2n) is 6.28. The van der Waals surface area contributed by atoms with E-state index in [0.29, 0.717) is 16.6 Å². The number of benzene rings is 2. The number of nitrogens with two attached hydrogens (primary N) is 1. The topological polar surface area (TPSA) is 55.0 Å². The van der Waals surface area contributed by atoms with E-state index in [4.69, 9.17) is 28.9 Å². The maximum atomic E-state index is 6.11. The SMILES string of the molecule is NCCn1c2c(c3cc(Nc4ccc(Cl)c(Cl)c4)ccc31)CCNC2. The highest BCUT2D eigenvalue weighted by molar-refractivity contribution is 6.42. The fourth-order valence-electron chi connectivity index (χ4n) is 3.58. The number of hydrogen-bond donors (Lipinski definition) is 3. The Morgan fingerprint density at radius 2 is 1.88 bits per heavy atom. The van der Waals surface area contributed by atoms with Crippen LogP contribution < -0.4 is 16.4 Å². The van der Waals surface area contributed by atoms with Gasteiger partial charge in [0.1, 0.15) is 0 Å². The molecule has 0 fully saturated rings. The average Bonchev–Trinajstić information content (AvgIpc) is 2.93. The molecular formula is C19H20Cl2N4. The molecule has 4 rings (SSSR count). The molecule has 2 heterocycles. The number of hydrogen-bond acceptors (Lipinski definition) is 3. The molecule has 0 bridgehead atoms. The quantitative estimate of drug-likeness (QED) is 0.638. The van der Waals surface area contributed by atoms with Crippen molar-refractivity contribution in [2.75, 3.05) is 18.4 Å². The standard InChI is InChI=1S/C19H20Cl2N4/c20-16-3-1-13(10-17(16)21)24-12-2-4-18-15(9-12)14-5-7-23-11-19(14)25(18)8-6-22/h1-4,9-10,23-24H,5-8,11,22H2. The second kappa shape index (κ2) is 6.89. The number of nitrogens with one attached hydrogen (secondary N) is 2. The van der Waals surface area contributed by atoms with Gasteiger partial charge in [0.05, 0.1) is 10.0 Å². The van der Waals surface area contributed by atoms with Crippen LogP contribution in [-0.2, 0) is 19.5 Å². The van der Waals surface area contributed by atoms with Gasteiger partial charge < -0.3 is 20.9 Å². The monoisotopic (exact) mass is 374 g/mol. The van der Waals surface area contributed by atoms with Crippen LogP contribution in [0, 0.1) is 0 Å². The summed E-state index contributed by atoms with van der Waals surface area (Å²) in [5, 5.41) is 9.29. The maximum Gasteiger partial charge on any atom is 0.0612 e. The average molecular weight is 375 g/mol. The second-order valence-corrected chi connectivity index (χ2v) is 7.09. The number of fused-ring (bicyclic) bond motifs is 3. The normalized spacial score (nSPS) is 13.9. The molecule has 0 spiro atoms. The lowest BCUT2D eigenvalue weighted by atomic mass is 10.0. The van der Waals surface area contributed by atoms with Crippen molar-refractivity contribution in [3.05, 3.63) is 57.7 Å². The van der Waals surface area contributed by atoms with Crippen molar-refractivity contribution in [2.45, 2.75) is 19.5 Å². The molecule has 0 amide bonds. The van der Waals surface area contributed by atoms with Crippen LogP contribution in [0.5, 0.6) is 0 Å². The van der Waals surface area contributed by atoms with E-state index < -0.39 is 0 Å². The zero-order valence-corrected chi connectivity index (χ0v) is 15.3. The third-order valence-corrected chi connectivity index (χ3v) is 5.43. The van der Waals surface area contributed by atoms with Gasteiger partial charge in [0.25, 0.3) is 0 Å². The van der Waals surface area contributed by atoms with Gasteiger partial charge in [-0.3, -0.25) is 0 Å². The number of nitrogens with zero attached hydrogens (tertiary/aromatic N) is 1. The molecule has 0 aliphatic carbocycles. The summed E-state index contributed by atoms with van der Waals surface area (Å²) in [4.78, 5) is 0. The molecule has 4 N–H and O–H groups in total. The molecule has 3 aromatic rings. The molecule has 4 nitrogen and oxygen atoms in total. The number of anilines is 2. The van der Waals surface area contributed by atoms with E-state index in [1.807, 2.05) is 12.1 Å². The van der Waals surface area contributed by atoms with Crippen LogP contribution in [0.15, 0.2) is 36.4 Å². The Hall–Kier alpha value is -1.72.